The van der Waals surface area contributed by atoms with Crippen LogP contribution in [0.15, 0.2) is 29.2 Å². The molecule has 3 heteroatoms. The molecule has 0 aliphatic heterocycles. The van der Waals surface area contributed by atoms with Crippen LogP contribution in [0.5, 0.6) is 0 Å². The maximum atomic E-state index is 8.77. The Kier molecular flexibility index (Phi) is 6.63. The first-order valence-electron chi connectivity index (χ1n) is 6.17. The van der Waals surface area contributed by atoms with Gasteiger partial charge in [-0.25, -0.2) is 0 Å². The predicted molar refractivity (Wildman–Crippen MR) is 75.5 cm³/mol. The minimum absolute atomic E-state index is 0.272. The Balaban J connectivity index is 2.44. The van der Waals surface area contributed by atoms with Gasteiger partial charge in [-0.2, -0.15) is 0 Å². The summed E-state index contributed by atoms with van der Waals surface area (Å²) < 4.78 is 0. The minimum Gasteiger partial charge on any atom is -0.396 e. The summed E-state index contributed by atoms with van der Waals surface area (Å²) in [5.41, 5.74) is 1.33. The molecular weight excluding hydrogens is 230 g/mol. The van der Waals surface area contributed by atoms with Crippen molar-refractivity contribution >= 4 is 11.8 Å². The van der Waals surface area contributed by atoms with Gasteiger partial charge in [0.05, 0.1) is 0 Å². The first-order valence-corrected chi connectivity index (χ1v) is 7.04. The molecule has 1 N–H and O–H groups in total. The molecule has 17 heavy (non-hydrogen) atoms. The summed E-state index contributed by atoms with van der Waals surface area (Å²) >= 11 is 1.89. The van der Waals surface area contributed by atoms with Crippen molar-refractivity contribution in [1.29, 1.82) is 0 Å². The van der Waals surface area contributed by atoms with Crippen LogP contribution in [0.25, 0.3) is 0 Å². The molecule has 0 aromatic heterocycles. The van der Waals surface area contributed by atoms with E-state index >= 15 is 0 Å². The Hall–Kier alpha value is -0.510. The second-order valence-corrected chi connectivity index (χ2v) is 6.28. The van der Waals surface area contributed by atoms with Crippen molar-refractivity contribution in [1.82, 2.24) is 4.90 Å². The van der Waals surface area contributed by atoms with E-state index in [1.54, 1.807) is 0 Å². The molecule has 1 aromatic rings. The van der Waals surface area contributed by atoms with Gasteiger partial charge in [0, 0.05) is 29.8 Å². The van der Waals surface area contributed by atoms with Gasteiger partial charge in [-0.05, 0) is 31.2 Å². The van der Waals surface area contributed by atoms with Gasteiger partial charge >= 0.3 is 0 Å². The number of hydrogen-bond donors (Lipinski definition) is 1. The SMILES string of the molecule is CC(C)Sc1ccc(CN(C)CCCO)cc1. The second-order valence-electron chi connectivity index (χ2n) is 4.63. The van der Waals surface area contributed by atoms with Gasteiger partial charge in [0.1, 0.15) is 0 Å². The smallest absolute Gasteiger partial charge is 0.0443 e. The third-order valence-corrected chi connectivity index (χ3v) is 3.46. The van der Waals surface area contributed by atoms with Crippen molar-refractivity contribution in [3.8, 4) is 0 Å². The van der Waals surface area contributed by atoms with Crippen molar-refractivity contribution in [2.45, 2.75) is 37.0 Å². The number of thioether (sulfide) groups is 1. The van der Waals surface area contributed by atoms with Gasteiger partial charge in [-0.1, -0.05) is 26.0 Å². The summed E-state index contributed by atoms with van der Waals surface area (Å²) in [4.78, 5) is 3.57. The number of rotatable bonds is 7. The third kappa shape index (κ3) is 6.10. The molecular formula is C14H23NOS. The molecule has 1 rings (SSSR count). The largest absolute Gasteiger partial charge is 0.396 e. The second kappa shape index (κ2) is 7.75. The summed E-state index contributed by atoms with van der Waals surface area (Å²) in [5, 5.41) is 9.40. The van der Waals surface area contributed by atoms with Crippen LogP contribution in [0, 0.1) is 0 Å². The zero-order valence-corrected chi connectivity index (χ0v) is 11.8. The molecule has 96 valence electrons. The zero-order chi connectivity index (χ0) is 12.7. The van der Waals surface area contributed by atoms with E-state index in [0.717, 1.165) is 19.5 Å². The van der Waals surface area contributed by atoms with Crippen LogP contribution in [0.2, 0.25) is 0 Å². The molecule has 0 unspecified atom stereocenters. The molecule has 0 heterocycles. The van der Waals surface area contributed by atoms with Crippen LogP contribution in [0.1, 0.15) is 25.8 Å². The molecule has 0 fully saturated rings. The van der Waals surface area contributed by atoms with Gasteiger partial charge in [0.2, 0.25) is 0 Å². The number of benzene rings is 1. The Morgan fingerprint density at radius 3 is 2.41 bits per heavy atom. The molecule has 1 aromatic carbocycles. The maximum absolute atomic E-state index is 8.77. The highest BCUT2D eigenvalue weighted by Gasteiger charge is 2.01. The van der Waals surface area contributed by atoms with Crippen molar-refractivity contribution in [3.63, 3.8) is 0 Å². The van der Waals surface area contributed by atoms with Crippen molar-refractivity contribution in [2.75, 3.05) is 20.2 Å². The quantitative estimate of drug-likeness (QED) is 0.756. The highest BCUT2D eigenvalue weighted by atomic mass is 32.2. The lowest BCUT2D eigenvalue weighted by atomic mass is 10.2. The van der Waals surface area contributed by atoms with Crippen LogP contribution in [-0.2, 0) is 6.54 Å². The van der Waals surface area contributed by atoms with Crippen molar-refractivity contribution in [3.05, 3.63) is 29.8 Å². The fraction of sp³-hybridized carbons (Fsp3) is 0.571. The molecule has 0 saturated heterocycles. The van der Waals surface area contributed by atoms with E-state index in [1.165, 1.54) is 10.5 Å². The monoisotopic (exact) mass is 253 g/mol. The standard InChI is InChI=1S/C14H23NOS/c1-12(2)17-14-7-5-13(6-8-14)11-15(3)9-4-10-16/h5-8,12,16H,4,9-11H2,1-3H3. The van der Waals surface area contributed by atoms with E-state index in [-0.39, 0.29) is 6.61 Å². The highest BCUT2D eigenvalue weighted by molar-refractivity contribution is 7.99. The van der Waals surface area contributed by atoms with Gasteiger partial charge in [0.15, 0.2) is 0 Å². The number of aliphatic hydroxyl groups is 1. The molecule has 0 atom stereocenters. The van der Waals surface area contributed by atoms with E-state index in [0.29, 0.717) is 5.25 Å². The van der Waals surface area contributed by atoms with E-state index in [4.69, 9.17) is 5.11 Å². The Morgan fingerprint density at radius 1 is 1.24 bits per heavy atom. The first kappa shape index (κ1) is 14.6. The third-order valence-electron chi connectivity index (χ3n) is 2.45. The molecule has 0 saturated carbocycles. The van der Waals surface area contributed by atoms with Crippen LogP contribution in [0.3, 0.4) is 0 Å². The topological polar surface area (TPSA) is 23.5 Å². The molecule has 0 spiro atoms. The molecule has 0 amide bonds. The van der Waals surface area contributed by atoms with Crippen molar-refractivity contribution in [2.24, 2.45) is 0 Å². The first-order chi connectivity index (χ1) is 8.11. The molecule has 0 aliphatic carbocycles. The normalized spacial score (nSPS) is 11.4. The summed E-state index contributed by atoms with van der Waals surface area (Å²) in [6, 6.07) is 8.78. The van der Waals surface area contributed by atoms with Crippen LogP contribution >= 0.6 is 11.8 Å². The van der Waals surface area contributed by atoms with E-state index in [9.17, 15) is 0 Å². The lowest BCUT2D eigenvalue weighted by Gasteiger charge is -2.16. The molecule has 0 radical (unpaired) electrons. The lowest BCUT2D eigenvalue weighted by molar-refractivity contribution is 0.244. The zero-order valence-electron chi connectivity index (χ0n) is 11.0. The maximum Gasteiger partial charge on any atom is 0.0443 e. The average molecular weight is 253 g/mol. The Bertz CT molecular complexity index is 311. The Morgan fingerprint density at radius 2 is 1.88 bits per heavy atom. The molecule has 0 aliphatic rings. The van der Waals surface area contributed by atoms with E-state index < -0.39 is 0 Å². The average Bonchev–Trinajstić information content (AvgIpc) is 2.28. The number of hydrogen-bond acceptors (Lipinski definition) is 3. The number of nitrogens with zero attached hydrogens (tertiary/aromatic N) is 1. The molecule has 0 bridgehead atoms. The summed E-state index contributed by atoms with van der Waals surface area (Å²) in [7, 11) is 2.09. The predicted octanol–water partition coefficient (Wildman–Crippen LogP) is 3.00. The fourth-order valence-electron chi connectivity index (χ4n) is 1.68. The van der Waals surface area contributed by atoms with Crippen LogP contribution in [-0.4, -0.2) is 35.5 Å². The minimum atomic E-state index is 0.272. The van der Waals surface area contributed by atoms with Gasteiger partial charge < -0.3 is 10.0 Å². The summed E-state index contributed by atoms with van der Waals surface area (Å²) in [5.74, 6) is 0. The Labute approximate surface area is 109 Å². The van der Waals surface area contributed by atoms with Crippen LogP contribution in [0.4, 0.5) is 0 Å². The van der Waals surface area contributed by atoms with E-state index in [1.807, 2.05) is 11.8 Å². The van der Waals surface area contributed by atoms with Crippen LogP contribution < -0.4 is 0 Å². The van der Waals surface area contributed by atoms with Gasteiger partial charge in [-0.15, -0.1) is 11.8 Å². The summed E-state index contributed by atoms with van der Waals surface area (Å²) in [6.07, 6.45) is 0.845. The fourth-order valence-corrected chi connectivity index (χ4v) is 2.51. The van der Waals surface area contributed by atoms with E-state index in [2.05, 4.69) is 50.1 Å². The van der Waals surface area contributed by atoms with Gasteiger partial charge in [0.25, 0.3) is 0 Å². The number of aliphatic hydroxyl groups excluding tert-OH is 1. The van der Waals surface area contributed by atoms with Gasteiger partial charge in [-0.3, -0.25) is 0 Å². The summed E-state index contributed by atoms with van der Waals surface area (Å²) in [6.45, 7) is 6.59. The molecule has 2 nitrogen and oxygen atoms in total. The highest BCUT2D eigenvalue weighted by Crippen LogP contribution is 2.23. The van der Waals surface area contributed by atoms with Crippen molar-refractivity contribution < 1.29 is 5.11 Å². The lowest BCUT2D eigenvalue weighted by Crippen LogP contribution is -2.19.